The second-order valence-electron chi connectivity index (χ2n) is 4.65. The molecule has 3 rings (SSSR count). The molecule has 0 bridgehead atoms. The summed E-state index contributed by atoms with van der Waals surface area (Å²) >= 11 is 1.14. The fourth-order valence-corrected chi connectivity index (χ4v) is 3.21. The number of carboxylic acid groups (broad SMARTS) is 1. The number of anilines is 1. The van der Waals surface area contributed by atoms with Crippen LogP contribution in [0.15, 0.2) is 18.2 Å². The Bertz CT molecular complexity index is 771. The number of non-ortho nitro benzene ring substituents is 1. The molecule has 108 valence electrons. The lowest BCUT2D eigenvalue weighted by atomic mass is 10.1. The Morgan fingerprint density at radius 2 is 2.29 bits per heavy atom. The molecule has 1 unspecified atom stereocenters. The summed E-state index contributed by atoms with van der Waals surface area (Å²) in [5.41, 5.74) is 0.501. The third kappa shape index (κ3) is 2.31. The number of nitro groups is 1. The van der Waals surface area contributed by atoms with Crippen LogP contribution in [0.1, 0.15) is 6.42 Å². The minimum Gasteiger partial charge on any atom is -0.481 e. The number of hydrogen-bond donors (Lipinski definition) is 1. The molecule has 0 spiro atoms. The van der Waals surface area contributed by atoms with E-state index in [4.69, 9.17) is 5.11 Å². The van der Waals surface area contributed by atoms with Crippen molar-refractivity contribution in [2.75, 3.05) is 11.4 Å². The summed E-state index contributed by atoms with van der Waals surface area (Å²) in [6.07, 6.45) is -0.0502. The van der Waals surface area contributed by atoms with E-state index in [2.05, 4.69) is 4.98 Å². The maximum Gasteiger partial charge on any atom is 0.308 e. The number of benzene rings is 1. The van der Waals surface area contributed by atoms with E-state index >= 15 is 0 Å². The van der Waals surface area contributed by atoms with Crippen LogP contribution in [-0.4, -0.2) is 33.4 Å². The molecule has 0 saturated carbocycles. The van der Waals surface area contributed by atoms with Crippen LogP contribution in [0.25, 0.3) is 10.2 Å². The third-order valence-electron chi connectivity index (χ3n) is 3.28. The molecule has 0 radical (unpaired) electrons. The Morgan fingerprint density at radius 3 is 2.90 bits per heavy atom. The van der Waals surface area contributed by atoms with Crippen LogP contribution in [-0.2, 0) is 9.59 Å². The van der Waals surface area contributed by atoms with E-state index in [1.807, 2.05) is 0 Å². The lowest BCUT2D eigenvalue weighted by Gasteiger charge is -2.10. The number of carbonyl (C=O) groups is 2. The summed E-state index contributed by atoms with van der Waals surface area (Å²) < 4.78 is 0.589. The van der Waals surface area contributed by atoms with E-state index in [0.29, 0.717) is 15.3 Å². The first-order chi connectivity index (χ1) is 9.95. The Labute approximate surface area is 121 Å². The van der Waals surface area contributed by atoms with Crippen molar-refractivity contribution in [3.8, 4) is 0 Å². The van der Waals surface area contributed by atoms with Crippen LogP contribution in [0.4, 0.5) is 10.8 Å². The average molecular weight is 307 g/mol. The number of thiazole rings is 1. The molecule has 21 heavy (non-hydrogen) atoms. The highest BCUT2D eigenvalue weighted by atomic mass is 32.1. The van der Waals surface area contributed by atoms with Crippen molar-refractivity contribution in [3.05, 3.63) is 28.3 Å². The monoisotopic (exact) mass is 307 g/mol. The van der Waals surface area contributed by atoms with Crippen LogP contribution in [0.3, 0.4) is 0 Å². The SMILES string of the molecule is O=C(O)C1CC(=O)N(c2nc3ccc([N+](=O)[O-])cc3s2)C1. The molecule has 1 aliphatic heterocycles. The summed E-state index contributed by atoms with van der Waals surface area (Å²) in [7, 11) is 0. The quantitative estimate of drug-likeness (QED) is 0.681. The zero-order chi connectivity index (χ0) is 15.1. The number of nitrogens with zero attached hydrogens (tertiary/aromatic N) is 3. The molecular weight excluding hydrogens is 298 g/mol. The van der Waals surface area contributed by atoms with Gasteiger partial charge in [0, 0.05) is 25.1 Å². The van der Waals surface area contributed by atoms with Crippen LogP contribution >= 0.6 is 11.3 Å². The van der Waals surface area contributed by atoms with Gasteiger partial charge < -0.3 is 5.11 Å². The van der Waals surface area contributed by atoms with Crippen LogP contribution in [0.5, 0.6) is 0 Å². The van der Waals surface area contributed by atoms with Crippen LogP contribution in [0.2, 0.25) is 0 Å². The molecule has 1 aliphatic rings. The maximum atomic E-state index is 11.9. The number of carbonyl (C=O) groups excluding carboxylic acids is 1. The van der Waals surface area contributed by atoms with Gasteiger partial charge in [0.05, 0.1) is 21.1 Å². The lowest BCUT2D eigenvalue weighted by Crippen LogP contribution is -2.25. The molecule has 1 aromatic heterocycles. The Hall–Kier alpha value is -2.55. The van der Waals surface area contributed by atoms with E-state index in [1.54, 1.807) is 0 Å². The summed E-state index contributed by atoms with van der Waals surface area (Å²) in [5.74, 6) is -2.04. The highest BCUT2D eigenvalue weighted by molar-refractivity contribution is 7.22. The van der Waals surface area contributed by atoms with Crippen molar-refractivity contribution in [3.63, 3.8) is 0 Å². The largest absolute Gasteiger partial charge is 0.481 e. The number of carboxylic acids is 1. The lowest BCUT2D eigenvalue weighted by molar-refractivity contribution is -0.384. The van der Waals surface area contributed by atoms with Crippen molar-refractivity contribution in [1.29, 1.82) is 0 Å². The van der Waals surface area contributed by atoms with Gasteiger partial charge >= 0.3 is 5.97 Å². The topological polar surface area (TPSA) is 114 Å². The number of aliphatic carboxylic acids is 1. The number of rotatable bonds is 3. The number of hydrogen-bond acceptors (Lipinski definition) is 6. The zero-order valence-corrected chi connectivity index (χ0v) is 11.4. The zero-order valence-electron chi connectivity index (χ0n) is 10.6. The maximum absolute atomic E-state index is 11.9. The molecule has 9 heteroatoms. The van der Waals surface area contributed by atoms with Gasteiger partial charge in [0.25, 0.3) is 5.69 Å². The third-order valence-corrected chi connectivity index (χ3v) is 4.32. The Kier molecular flexibility index (Phi) is 3.05. The van der Waals surface area contributed by atoms with Crippen LogP contribution in [0, 0.1) is 16.0 Å². The van der Waals surface area contributed by atoms with Crippen molar-refractivity contribution in [2.45, 2.75) is 6.42 Å². The first-order valence-corrected chi connectivity index (χ1v) is 6.85. The summed E-state index contributed by atoms with van der Waals surface area (Å²) in [4.78, 5) is 38.6. The standard InChI is InChI=1S/C12H9N3O5S/c16-10-3-6(11(17)18)5-14(10)12-13-8-2-1-7(15(19)20)4-9(8)21-12/h1-2,4,6H,3,5H2,(H,17,18). The van der Waals surface area contributed by atoms with Gasteiger partial charge in [-0.25, -0.2) is 4.98 Å². The molecule has 1 amide bonds. The highest BCUT2D eigenvalue weighted by Crippen LogP contribution is 2.34. The van der Waals surface area contributed by atoms with Gasteiger partial charge in [-0.3, -0.25) is 24.6 Å². The van der Waals surface area contributed by atoms with Gasteiger partial charge in [-0.2, -0.15) is 0 Å². The predicted octanol–water partition coefficient (Wildman–Crippen LogP) is 1.64. The van der Waals surface area contributed by atoms with Crippen molar-refractivity contribution < 1.29 is 19.6 Å². The van der Waals surface area contributed by atoms with E-state index in [9.17, 15) is 19.7 Å². The predicted molar refractivity (Wildman–Crippen MR) is 74.4 cm³/mol. The van der Waals surface area contributed by atoms with Gasteiger partial charge in [0.1, 0.15) is 0 Å². The van der Waals surface area contributed by atoms with Crippen molar-refractivity contribution in [1.82, 2.24) is 4.98 Å². The van der Waals surface area contributed by atoms with E-state index in [1.165, 1.54) is 23.1 Å². The van der Waals surface area contributed by atoms with Gasteiger partial charge in [0.2, 0.25) is 5.91 Å². The Balaban J connectivity index is 1.96. The van der Waals surface area contributed by atoms with Crippen molar-refractivity contribution >= 4 is 44.2 Å². The van der Waals surface area contributed by atoms with Crippen molar-refractivity contribution in [2.24, 2.45) is 5.92 Å². The fraction of sp³-hybridized carbons (Fsp3) is 0.250. The summed E-state index contributed by atoms with van der Waals surface area (Å²) in [6.45, 7) is 0.0794. The summed E-state index contributed by atoms with van der Waals surface area (Å²) in [5, 5.41) is 20.1. The van der Waals surface area contributed by atoms with E-state index in [0.717, 1.165) is 11.3 Å². The van der Waals surface area contributed by atoms with Gasteiger partial charge in [0.15, 0.2) is 5.13 Å². The molecule has 1 N–H and O–H groups in total. The normalized spacial score (nSPS) is 18.4. The molecule has 2 aromatic rings. The smallest absolute Gasteiger partial charge is 0.308 e. The van der Waals surface area contributed by atoms with Crippen LogP contribution < -0.4 is 4.90 Å². The Morgan fingerprint density at radius 1 is 1.52 bits per heavy atom. The second-order valence-corrected chi connectivity index (χ2v) is 5.66. The molecule has 1 saturated heterocycles. The molecule has 0 aliphatic carbocycles. The first kappa shape index (κ1) is 13.4. The number of amides is 1. The van der Waals surface area contributed by atoms with Gasteiger partial charge in [-0.1, -0.05) is 11.3 Å². The molecule has 1 fully saturated rings. The number of fused-ring (bicyclic) bond motifs is 1. The molecule has 2 heterocycles. The molecule has 1 aromatic carbocycles. The van der Waals surface area contributed by atoms with E-state index < -0.39 is 16.8 Å². The van der Waals surface area contributed by atoms with Gasteiger partial charge in [-0.05, 0) is 6.07 Å². The van der Waals surface area contributed by atoms with E-state index in [-0.39, 0.29) is 24.6 Å². The number of nitro benzene ring substituents is 1. The minimum atomic E-state index is -1.01. The van der Waals surface area contributed by atoms with Gasteiger partial charge in [-0.15, -0.1) is 0 Å². The fourth-order valence-electron chi connectivity index (χ4n) is 2.19. The first-order valence-electron chi connectivity index (χ1n) is 6.04. The second kappa shape index (κ2) is 4.77. The number of aromatic nitrogens is 1. The summed E-state index contributed by atoms with van der Waals surface area (Å²) in [6, 6.07) is 4.26. The molecule has 8 nitrogen and oxygen atoms in total. The minimum absolute atomic E-state index is 0.0474. The highest BCUT2D eigenvalue weighted by Gasteiger charge is 2.36. The average Bonchev–Trinajstić information content (AvgIpc) is 3.00. The molecule has 1 atom stereocenters. The molecular formula is C12H9N3O5S.